The van der Waals surface area contributed by atoms with Gasteiger partial charge in [-0.25, -0.2) is 0 Å². The van der Waals surface area contributed by atoms with Crippen molar-refractivity contribution in [1.82, 2.24) is 20.0 Å². The number of aromatic amines is 1. The Labute approximate surface area is 129 Å². The Morgan fingerprint density at radius 3 is 2.64 bits per heavy atom. The van der Waals surface area contributed by atoms with Crippen LogP contribution in [-0.4, -0.2) is 58.1 Å². The zero-order valence-corrected chi connectivity index (χ0v) is 12.5. The summed E-state index contributed by atoms with van der Waals surface area (Å²) < 4.78 is 0. The fourth-order valence-corrected chi connectivity index (χ4v) is 3.50. The third-order valence-corrected chi connectivity index (χ3v) is 4.80. The Morgan fingerprint density at radius 2 is 1.86 bits per heavy atom. The Morgan fingerprint density at radius 1 is 1.09 bits per heavy atom. The van der Waals surface area contributed by atoms with Gasteiger partial charge in [-0.1, -0.05) is 30.3 Å². The summed E-state index contributed by atoms with van der Waals surface area (Å²) in [4.78, 5) is 17.3. The average Bonchev–Trinajstić information content (AvgIpc) is 2.88. The van der Waals surface area contributed by atoms with E-state index in [0.29, 0.717) is 11.7 Å². The number of hydrogen-bond donors (Lipinski definition) is 1. The zero-order chi connectivity index (χ0) is 14.9. The smallest absolute Gasteiger partial charge is 0.274 e. The number of aromatic nitrogens is 2. The molecular weight excluding hydrogens is 276 g/mol. The number of fused-ring (bicyclic) bond motifs is 4. The summed E-state index contributed by atoms with van der Waals surface area (Å²) in [6, 6.07) is 12.2. The molecule has 3 fully saturated rings. The topological polar surface area (TPSA) is 52.2 Å². The lowest BCUT2D eigenvalue weighted by Crippen LogP contribution is -2.41. The predicted molar refractivity (Wildman–Crippen MR) is 84.5 cm³/mol. The van der Waals surface area contributed by atoms with Crippen LogP contribution in [-0.2, 0) is 0 Å². The molecule has 3 aliphatic heterocycles. The zero-order valence-electron chi connectivity index (χ0n) is 12.5. The number of nitrogens with zero attached hydrogens (tertiary/aromatic N) is 3. The van der Waals surface area contributed by atoms with Crippen LogP contribution in [0.3, 0.4) is 0 Å². The molecule has 3 aliphatic rings. The van der Waals surface area contributed by atoms with Gasteiger partial charge in [-0.05, 0) is 24.5 Å². The third kappa shape index (κ3) is 2.41. The molecule has 0 unspecified atom stereocenters. The fourth-order valence-electron chi connectivity index (χ4n) is 3.50. The van der Waals surface area contributed by atoms with Gasteiger partial charge in [-0.15, -0.1) is 0 Å². The van der Waals surface area contributed by atoms with E-state index in [4.69, 9.17) is 0 Å². The van der Waals surface area contributed by atoms with Crippen molar-refractivity contribution in [2.45, 2.75) is 18.9 Å². The number of amides is 1. The quantitative estimate of drug-likeness (QED) is 0.922. The number of nitrogens with one attached hydrogen (secondary N) is 1. The van der Waals surface area contributed by atoms with Crippen LogP contribution < -0.4 is 0 Å². The maximum Gasteiger partial charge on any atom is 0.274 e. The van der Waals surface area contributed by atoms with Crippen LogP contribution in [0.1, 0.15) is 23.3 Å². The maximum atomic E-state index is 12.8. The van der Waals surface area contributed by atoms with Gasteiger partial charge in [-0.2, -0.15) is 5.10 Å². The van der Waals surface area contributed by atoms with E-state index >= 15 is 0 Å². The van der Waals surface area contributed by atoms with Crippen LogP contribution >= 0.6 is 0 Å². The fraction of sp³-hybridized carbons (Fsp3) is 0.412. The number of carbonyl (C=O) groups excluding carboxylic acids is 1. The number of carbonyl (C=O) groups is 1. The van der Waals surface area contributed by atoms with Crippen molar-refractivity contribution in [2.75, 3.05) is 26.2 Å². The molecule has 5 nitrogen and oxygen atoms in total. The first-order valence-corrected chi connectivity index (χ1v) is 7.95. The van der Waals surface area contributed by atoms with E-state index in [1.54, 1.807) is 0 Å². The number of rotatable bonds is 2. The second-order valence-corrected chi connectivity index (χ2v) is 6.10. The molecule has 2 bridgehead atoms. The molecule has 2 aromatic rings. The standard InChI is InChI=1S/C17H20N4O/c22-17(21-11-10-20-8-6-14(21)7-9-20)16-12-15(18-19-16)13-4-2-1-3-5-13/h1-5,12,14H,6-11H2,(H,18,19). The summed E-state index contributed by atoms with van der Waals surface area (Å²) in [6.07, 6.45) is 2.17. The van der Waals surface area contributed by atoms with Crippen LogP contribution in [0.2, 0.25) is 0 Å². The molecule has 0 radical (unpaired) electrons. The SMILES string of the molecule is O=C(c1cc(-c2ccccc2)[nH]n1)N1CCN2CCC1CC2. The summed E-state index contributed by atoms with van der Waals surface area (Å²) in [5.74, 6) is 0.0622. The van der Waals surface area contributed by atoms with Crippen molar-refractivity contribution in [3.63, 3.8) is 0 Å². The van der Waals surface area contributed by atoms with Gasteiger partial charge >= 0.3 is 0 Å². The molecule has 114 valence electrons. The van der Waals surface area contributed by atoms with Crippen molar-refractivity contribution in [3.05, 3.63) is 42.1 Å². The minimum Gasteiger partial charge on any atom is -0.333 e. The summed E-state index contributed by atoms with van der Waals surface area (Å²) in [5.41, 5.74) is 2.47. The largest absolute Gasteiger partial charge is 0.333 e. The molecule has 3 saturated heterocycles. The highest BCUT2D eigenvalue weighted by Gasteiger charge is 2.33. The highest BCUT2D eigenvalue weighted by molar-refractivity contribution is 5.93. The lowest BCUT2D eigenvalue weighted by Gasteiger charge is -2.30. The minimum atomic E-state index is 0.0622. The van der Waals surface area contributed by atoms with Gasteiger partial charge in [0.1, 0.15) is 0 Å². The van der Waals surface area contributed by atoms with Gasteiger partial charge in [0, 0.05) is 32.2 Å². The van der Waals surface area contributed by atoms with Crippen molar-refractivity contribution in [1.29, 1.82) is 0 Å². The molecule has 0 aliphatic carbocycles. The second kappa shape index (κ2) is 5.57. The molecule has 5 rings (SSSR count). The van der Waals surface area contributed by atoms with Gasteiger partial charge in [0.05, 0.1) is 5.69 Å². The Bertz CT molecular complexity index is 658. The molecule has 0 atom stereocenters. The van der Waals surface area contributed by atoms with E-state index < -0.39 is 0 Å². The lowest BCUT2D eigenvalue weighted by molar-refractivity contribution is 0.0679. The Balaban J connectivity index is 1.57. The molecule has 1 aromatic heterocycles. The van der Waals surface area contributed by atoms with Crippen molar-refractivity contribution in [2.24, 2.45) is 0 Å². The number of piperidine rings is 1. The van der Waals surface area contributed by atoms with E-state index in [1.807, 2.05) is 41.3 Å². The van der Waals surface area contributed by atoms with Crippen LogP contribution in [0.15, 0.2) is 36.4 Å². The normalized spacial score (nSPS) is 24.3. The van der Waals surface area contributed by atoms with Crippen molar-refractivity contribution in [3.8, 4) is 11.3 Å². The minimum absolute atomic E-state index is 0.0622. The van der Waals surface area contributed by atoms with Crippen LogP contribution in [0.5, 0.6) is 0 Å². The Kier molecular flexibility index (Phi) is 3.42. The predicted octanol–water partition coefficient (Wildman–Crippen LogP) is 2.00. The average molecular weight is 296 g/mol. The molecule has 1 N–H and O–H groups in total. The molecule has 22 heavy (non-hydrogen) atoms. The molecule has 1 amide bonds. The summed E-state index contributed by atoms with van der Waals surface area (Å²) in [5, 5.41) is 7.24. The Hall–Kier alpha value is -2.14. The van der Waals surface area contributed by atoms with Crippen molar-refractivity contribution < 1.29 is 4.79 Å². The van der Waals surface area contributed by atoms with E-state index in [0.717, 1.165) is 50.3 Å². The molecule has 4 heterocycles. The van der Waals surface area contributed by atoms with Crippen LogP contribution in [0.25, 0.3) is 11.3 Å². The maximum absolute atomic E-state index is 12.8. The van der Waals surface area contributed by atoms with Gasteiger partial charge in [0.2, 0.25) is 0 Å². The molecular formula is C17H20N4O. The van der Waals surface area contributed by atoms with Crippen LogP contribution in [0.4, 0.5) is 0 Å². The number of H-pyrrole nitrogens is 1. The van der Waals surface area contributed by atoms with E-state index in [9.17, 15) is 4.79 Å². The lowest BCUT2D eigenvalue weighted by atomic mass is 10.0. The molecule has 1 aromatic carbocycles. The summed E-state index contributed by atoms with van der Waals surface area (Å²) >= 11 is 0. The third-order valence-electron chi connectivity index (χ3n) is 4.80. The second-order valence-electron chi connectivity index (χ2n) is 6.10. The highest BCUT2D eigenvalue weighted by atomic mass is 16.2. The first kappa shape index (κ1) is 13.5. The van der Waals surface area contributed by atoms with Gasteiger partial charge < -0.3 is 9.80 Å². The van der Waals surface area contributed by atoms with E-state index in [-0.39, 0.29) is 5.91 Å². The summed E-state index contributed by atoms with van der Waals surface area (Å²) in [7, 11) is 0. The van der Waals surface area contributed by atoms with Crippen molar-refractivity contribution >= 4 is 5.91 Å². The molecule has 0 saturated carbocycles. The number of hydrogen-bond acceptors (Lipinski definition) is 3. The molecule has 5 heteroatoms. The number of benzene rings is 1. The van der Waals surface area contributed by atoms with Gasteiger partial charge in [0.15, 0.2) is 5.69 Å². The first-order valence-electron chi connectivity index (χ1n) is 7.95. The monoisotopic (exact) mass is 296 g/mol. The van der Waals surface area contributed by atoms with E-state index in [1.165, 1.54) is 0 Å². The van der Waals surface area contributed by atoms with Gasteiger partial charge in [-0.3, -0.25) is 9.89 Å². The van der Waals surface area contributed by atoms with Gasteiger partial charge in [0.25, 0.3) is 5.91 Å². The summed E-state index contributed by atoms with van der Waals surface area (Å²) in [6.45, 7) is 4.03. The highest BCUT2D eigenvalue weighted by Crippen LogP contribution is 2.23. The van der Waals surface area contributed by atoms with Crippen LogP contribution in [0, 0.1) is 0 Å². The first-order chi connectivity index (χ1) is 10.8. The molecule has 0 spiro atoms. The van der Waals surface area contributed by atoms with E-state index in [2.05, 4.69) is 15.1 Å².